The summed E-state index contributed by atoms with van der Waals surface area (Å²) in [5.74, 6) is 3.63. The van der Waals surface area contributed by atoms with Crippen molar-refractivity contribution in [2.45, 2.75) is 32.7 Å². The summed E-state index contributed by atoms with van der Waals surface area (Å²) in [5, 5.41) is 13.3. The molecule has 1 fully saturated rings. The minimum Gasteiger partial charge on any atom is -0.495 e. The van der Waals surface area contributed by atoms with Gasteiger partial charge in [0.25, 0.3) is 0 Å². The zero-order chi connectivity index (χ0) is 19.5. The van der Waals surface area contributed by atoms with Crippen molar-refractivity contribution in [3.8, 4) is 11.6 Å². The summed E-state index contributed by atoms with van der Waals surface area (Å²) < 4.78 is 11.1. The van der Waals surface area contributed by atoms with Crippen LogP contribution in [0.3, 0.4) is 0 Å². The number of aryl methyl sites for hydroxylation is 2. The molecule has 3 heterocycles. The summed E-state index contributed by atoms with van der Waals surface area (Å²) in [4.78, 5) is 13.3. The van der Waals surface area contributed by atoms with Gasteiger partial charge in [0.05, 0.1) is 26.5 Å². The standard InChI is InChI=1S/C19H22N6O2S/c1-11-22-17(21-9-19-25-24-12(2)28-19)7-18(23-11)27-10-13-6-15(13)16-5-4-14(26-3)8-20-16/h4-5,7-8,13,15H,6,9-10H2,1-3H3,(H,21,22,23). The molecule has 9 heteroatoms. The Balaban J connectivity index is 1.31. The largest absolute Gasteiger partial charge is 0.495 e. The van der Waals surface area contributed by atoms with Crippen molar-refractivity contribution < 1.29 is 9.47 Å². The van der Waals surface area contributed by atoms with E-state index in [4.69, 9.17) is 9.47 Å². The van der Waals surface area contributed by atoms with Gasteiger partial charge in [-0.25, -0.2) is 4.98 Å². The third-order valence-electron chi connectivity index (χ3n) is 4.55. The summed E-state index contributed by atoms with van der Waals surface area (Å²) in [6.45, 7) is 4.99. The zero-order valence-corrected chi connectivity index (χ0v) is 16.9. The maximum Gasteiger partial charge on any atom is 0.218 e. The van der Waals surface area contributed by atoms with Gasteiger partial charge in [-0.15, -0.1) is 10.2 Å². The average Bonchev–Trinajstić information content (AvgIpc) is 3.36. The lowest BCUT2D eigenvalue weighted by Crippen LogP contribution is -2.07. The molecule has 1 aliphatic carbocycles. The molecule has 1 aliphatic rings. The lowest BCUT2D eigenvalue weighted by Gasteiger charge is -2.09. The Hall–Kier alpha value is -2.81. The van der Waals surface area contributed by atoms with E-state index < -0.39 is 0 Å². The van der Waals surface area contributed by atoms with E-state index in [2.05, 4.69) is 30.5 Å². The molecule has 1 saturated carbocycles. The number of ether oxygens (including phenoxy) is 2. The Morgan fingerprint density at radius 3 is 2.82 bits per heavy atom. The molecule has 3 aromatic heterocycles. The van der Waals surface area contributed by atoms with Gasteiger partial charge in [0.1, 0.15) is 27.4 Å². The number of anilines is 1. The van der Waals surface area contributed by atoms with Crippen LogP contribution in [0.25, 0.3) is 0 Å². The van der Waals surface area contributed by atoms with E-state index >= 15 is 0 Å². The van der Waals surface area contributed by atoms with Crippen LogP contribution in [-0.2, 0) is 6.54 Å². The minimum absolute atomic E-state index is 0.437. The van der Waals surface area contributed by atoms with Crippen molar-refractivity contribution >= 4 is 17.2 Å². The average molecular weight is 398 g/mol. The fraction of sp³-hybridized carbons (Fsp3) is 0.421. The van der Waals surface area contributed by atoms with E-state index in [0.29, 0.717) is 36.7 Å². The van der Waals surface area contributed by atoms with Crippen molar-refractivity contribution in [2.24, 2.45) is 5.92 Å². The first kappa shape index (κ1) is 18.5. The zero-order valence-electron chi connectivity index (χ0n) is 16.0. The molecular formula is C19H22N6O2S. The monoisotopic (exact) mass is 398 g/mol. The highest BCUT2D eigenvalue weighted by molar-refractivity contribution is 7.11. The van der Waals surface area contributed by atoms with Crippen LogP contribution in [0, 0.1) is 19.8 Å². The maximum absolute atomic E-state index is 5.94. The molecule has 8 nitrogen and oxygen atoms in total. The number of methoxy groups -OCH3 is 1. The van der Waals surface area contributed by atoms with Crippen molar-refractivity contribution in [2.75, 3.05) is 19.0 Å². The number of aromatic nitrogens is 5. The van der Waals surface area contributed by atoms with E-state index in [1.807, 2.05) is 32.0 Å². The number of hydrogen-bond acceptors (Lipinski definition) is 9. The molecule has 0 spiro atoms. The molecule has 0 bridgehead atoms. The smallest absolute Gasteiger partial charge is 0.218 e. The van der Waals surface area contributed by atoms with Gasteiger partial charge in [0.15, 0.2) is 0 Å². The third-order valence-corrected chi connectivity index (χ3v) is 5.38. The Labute approximate surface area is 167 Å². The Kier molecular flexibility index (Phi) is 5.34. The second-order valence-corrected chi connectivity index (χ2v) is 8.01. The summed E-state index contributed by atoms with van der Waals surface area (Å²) >= 11 is 1.57. The third kappa shape index (κ3) is 4.53. The summed E-state index contributed by atoms with van der Waals surface area (Å²) in [5.41, 5.74) is 1.09. The molecular weight excluding hydrogens is 376 g/mol. The lowest BCUT2D eigenvalue weighted by atomic mass is 10.2. The highest BCUT2D eigenvalue weighted by Gasteiger charge is 2.40. The van der Waals surface area contributed by atoms with Crippen LogP contribution >= 0.6 is 11.3 Å². The summed E-state index contributed by atoms with van der Waals surface area (Å²) in [6, 6.07) is 5.79. The molecule has 0 aromatic carbocycles. The minimum atomic E-state index is 0.437. The highest BCUT2D eigenvalue weighted by Crippen LogP contribution is 2.46. The highest BCUT2D eigenvalue weighted by atomic mass is 32.1. The number of pyridine rings is 1. The van der Waals surface area contributed by atoms with Gasteiger partial charge < -0.3 is 14.8 Å². The van der Waals surface area contributed by atoms with E-state index in [-0.39, 0.29) is 0 Å². The van der Waals surface area contributed by atoms with Gasteiger partial charge in [-0.1, -0.05) is 11.3 Å². The first-order valence-electron chi connectivity index (χ1n) is 9.12. The van der Waals surface area contributed by atoms with Crippen LogP contribution < -0.4 is 14.8 Å². The Morgan fingerprint density at radius 1 is 1.21 bits per heavy atom. The second kappa shape index (κ2) is 8.05. The summed E-state index contributed by atoms with van der Waals surface area (Å²) in [6.07, 6.45) is 2.83. The number of nitrogens with one attached hydrogen (secondary N) is 1. The maximum atomic E-state index is 5.94. The van der Waals surface area contributed by atoms with E-state index in [1.54, 1.807) is 24.6 Å². The van der Waals surface area contributed by atoms with Gasteiger partial charge in [0.2, 0.25) is 5.88 Å². The number of rotatable bonds is 8. The molecule has 0 radical (unpaired) electrons. The normalized spacial score (nSPS) is 18.0. The van der Waals surface area contributed by atoms with Gasteiger partial charge in [-0.3, -0.25) is 4.98 Å². The van der Waals surface area contributed by atoms with Gasteiger partial charge in [-0.2, -0.15) is 4.98 Å². The van der Waals surface area contributed by atoms with Crippen LogP contribution in [0.2, 0.25) is 0 Å². The quantitative estimate of drug-likeness (QED) is 0.618. The lowest BCUT2D eigenvalue weighted by molar-refractivity contribution is 0.284. The summed E-state index contributed by atoms with van der Waals surface area (Å²) in [7, 11) is 1.64. The molecule has 0 amide bonds. The number of nitrogens with zero attached hydrogens (tertiary/aromatic N) is 5. The molecule has 146 valence electrons. The van der Waals surface area contributed by atoms with Gasteiger partial charge >= 0.3 is 0 Å². The van der Waals surface area contributed by atoms with Gasteiger partial charge in [0, 0.05) is 23.6 Å². The second-order valence-electron chi connectivity index (χ2n) is 6.74. The van der Waals surface area contributed by atoms with Gasteiger partial charge in [-0.05, 0) is 32.4 Å². The molecule has 3 aromatic rings. The van der Waals surface area contributed by atoms with Crippen LogP contribution in [0.1, 0.15) is 33.9 Å². The first-order chi connectivity index (χ1) is 13.6. The molecule has 28 heavy (non-hydrogen) atoms. The van der Waals surface area contributed by atoms with Crippen molar-refractivity contribution in [3.05, 3.63) is 45.9 Å². The van der Waals surface area contributed by atoms with Crippen LogP contribution in [0.15, 0.2) is 24.4 Å². The molecule has 2 atom stereocenters. The van der Waals surface area contributed by atoms with Crippen molar-refractivity contribution in [1.82, 2.24) is 25.1 Å². The predicted octanol–water partition coefficient (Wildman–Crippen LogP) is 3.14. The SMILES string of the molecule is COc1ccc(C2CC2COc2cc(NCc3nnc(C)s3)nc(C)n2)nc1. The molecule has 4 rings (SSSR count). The Bertz CT molecular complexity index is 946. The topological polar surface area (TPSA) is 94.9 Å². The van der Waals surface area contributed by atoms with Crippen molar-refractivity contribution in [3.63, 3.8) is 0 Å². The van der Waals surface area contributed by atoms with Crippen molar-refractivity contribution in [1.29, 1.82) is 0 Å². The van der Waals surface area contributed by atoms with E-state index in [0.717, 1.165) is 33.7 Å². The Morgan fingerprint density at radius 2 is 2.11 bits per heavy atom. The first-order valence-corrected chi connectivity index (χ1v) is 9.93. The fourth-order valence-electron chi connectivity index (χ4n) is 3.00. The van der Waals surface area contributed by atoms with E-state index in [9.17, 15) is 0 Å². The van der Waals surface area contributed by atoms with E-state index in [1.165, 1.54) is 0 Å². The molecule has 2 unspecified atom stereocenters. The number of hydrogen-bond donors (Lipinski definition) is 1. The van der Waals surface area contributed by atoms with Crippen LogP contribution in [0.5, 0.6) is 11.6 Å². The van der Waals surface area contributed by atoms with Crippen LogP contribution in [0.4, 0.5) is 5.82 Å². The predicted molar refractivity (Wildman–Crippen MR) is 106 cm³/mol. The molecule has 0 aliphatic heterocycles. The fourth-order valence-corrected chi connectivity index (χ4v) is 3.65. The molecule has 0 saturated heterocycles. The molecule has 1 N–H and O–H groups in total. The van der Waals surface area contributed by atoms with Crippen LogP contribution in [-0.4, -0.2) is 38.9 Å².